The number of carbonyl (C=O) groups excluding carboxylic acids is 1. The number of likely N-dealkylation sites (N-methyl/N-ethyl adjacent to an activating group) is 1. The fraction of sp³-hybridized carbons (Fsp3) is 0.314. The third-order valence-electron chi connectivity index (χ3n) is 8.75. The van der Waals surface area contributed by atoms with Crippen molar-refractivity contribution in [1.82, 2.24) is 30.2 Å². The number of carbonyl (C=O) groups is 2. The van der Waals surface area contributed by atoms with Gasteiger partial charge in [-0.25, -0.2) is 9.78 Å². The number of imidazole rings is 1. The van der Waals surface area contributed by atoms with Gasteiger partial charge in [0.25, 0.3) is 0 Å². The Bertz CT molecular complexity index is 1860. The number of H-pyrrole nitrogens is 1. The van der Waals surface area contributed by atoms with E-state index >= 15 is 0 Å². The highest BCUT2D eigenvalue weighted by Gasteiger charge is 2.42. The third-order valence-corrected chi connectivity index (χ3v) is 9.05. The Morgan fingerprint density at radius 3 is 2.49 bits per heavy atom. The average molecular weight is 654 g/mol. The Labute approximate surface area is 277 Å². The zero-order valence-electron chi connectivity index (χ0n) is 26.3. The van der Waals surface area contributed by atoms with Gasteiger partial charge in [-0.05, 0) is 46.4 Å². The zero-order valence-corrected chi connectivity index (χ0v) is 27.0. The van der Waals surface area contributed by atoms with Gasteiger partial charge in [-0.2, -0.15) is 5.21 Å². The number of aryl methyl sites for hydroxylation is 1. The van der Waals surface area contributed by atoms with E-state index in [2.05, 4.69) is 56.8 Å². The molecule has 242 valence electrons. The van der Waals surface area contributed by atoms with Gasteiger partial charge in [-0.15, -0.1) is 10.2 Å². The number of nitrogens with one attached hydrogen (secondary N) is 1. The molecule has 1 unspecified atom stereocenters. The molecule has 2 N–H and O–H groups in total. The molecule has 12 heteroatoms. The molecule has 0 aliphatic carbocycles. The van der Waals surface area contributed by atoms with Crippen LogP contribution in [0.5, 0.6) is 0 Å². The van der Waals surface area contributed by atoms with Crippen molar-refractivity contribution in [3.05, 3.63) is 101 Å². The highest BCUT2D eigenvalue weighted by molar-refractivity contribution is 6.30. The van der Waals surface area contributed by atoms with Crippen molar-refractivity contribution in [2.24, 2.45) is 0 Å². The van der Waals surface area contributed by atoms with Crippen LogP contribution in [0.1, 0.15) is 61.2 Å². The van der Waals surface area contributed by atoms with E-state index in [9.17, 15) is 14.7 Å². The maximum absolute atomic E-state index is 13.7. The van der Waals surface area contributed by atoms with Gasteiger partial charge in [-0.3, -0.25) is 4.79 Å². The molecule has 6 rings (SSSR count). The molecule has 0 amide bonds. The minimum absolute atomic E-state index is 0.0442. The first-order valence-corrected chi connectivity index (χ1v) is 16.1. The van der Waals surface area contributed by atoms with Crippen molar-refractivity contribution in [3.8, 4) is 22.5 Å². The number of aromatic amines is 1. The summed E-state index contributed by atoms with van der Waals surface area (Å²) in [5.74, 6) is -0.271. The van der Waals surface area contributed by atoms with E-state index in [1.165, 1.54) is 0 Å². The molecule has 0 radical (unpaired) electrons. The van der Waals surface area contributed by atoms with Crippen molar-refractivity contribution in [1.29, 1.82) is 0 Å². The van der Waals surface area contributed by atoms with E-state index in [1.807, 2.05) is 65.0 Å². The molecular weight excluding hydrogens is 618 g/mol. The lowest BCUT2D eigenvalue weighted by atomic mass is 9.90. The molecule has 3 aromatic carbocycles. The summed E-state index contributed by atoms with van der Waals surface area (Å²) in [5.41, 5.74) is 6.38. The molecule has 3 heterocycles. The summed E-state index contributed by atoms with van der Waals surface area (Å²) >= 11 is 6.71. The van der Waals surface area contributed by atoms with Crippen LogP contribution < -0.4 is 4.90 Å². The second kappa shape index (κ2) is 14.2. The van der Waals surface area contributed by atoms with E-state index in [0.29, 0.717) is 29.6 Å². The van der Waals surface area contributed by atoms with Crippen LogP contribution in [0.3, 0.4) is 0 Å². The van der Waals surface area contributed by atoms with E-state index in [4.69, 9.17) is 16.3 Å². The molecule has 11 nitrogen and oxygen atoms in total. The van der Waals surface area contributed by atoms with Gasteiger partial charge in [0, 0.05) is 43.6 Å². The van der Waals surface area contributed by atoms with Gasteiger partial charge in [0.2, 0.25) is 5.82 Å². The van der Waals surface area contributed by atoms with Crippen LogP contribution in [-0.4, -0.2) is 60.3 Å². The number of carboxylic acid groups (broad SMARTS) is 1. The maximum Gasteiger partial charge on any atom is 0.329 e. The Morgan fingerprint density at radius 1 is 1.02 bits per heavy atom. The van der Waals surface area contributed by atoms with Gasteiger partial charge < -0.3 is 19.3 Å². The number of anilines is 1. The van der Waals surface area contributed by atoms with Crippen molar-refractivity contribution in [2.75, 3.05) is 11.9 Å². The number of para-hydroxylation sites is 1. The van der Waals surface area contributed by atoms with Crippen LogP contribution in [0.4, 0.5) is 5.69 Å². The number of halogens is 1. The Hall–Kier alpha value is -5.03. The fourth-order valence-corrected chi connectivity index (χ4v) is 6.64. The van der Waals surface area contributed by atoms with Crippen molar-refractivity contribution in [2.45, 2.75) is 64.1 Å². The Morgan fingerprint density at radius 2 is 1.77 bits per heavy atom. The summed E-state index contributed by atoms with van der Waals surface area (Å²) in [4.78, 5) is 31.7. The standard InChI is InChI=1S/C35H36ClN7O4/c1-3-4-13-30-37-33(36)29(21-47-35(46)32-26(18-19-31(44)45)25-10-7-8-12-28(25)42(32)2)43(30)20-22-14-16-23(17-15-22)24-9-5-6-11-27(24)34-38-40-41-39-34/h5-12,14-17,26,32H,3-4,13,18-21H2,1-2H3,(H,44,45)(H,38,39,40,41)/t26-,32?/m1/s1. The number of unbranched alkanes of at least 4 members (excludes halogenated alkanes) is 1. The fourth-order valence-electron chi connectivity index (χ4n) is 6.38. The summed E-state index contributed by atoms with van der Waals surface area (Å²) < 4.78 is 8.00. The smallest absolute Gasteiger partial charge is 0.329 e. The second-order valence-electron chi connectivity index (χ2n) is 11.7. The molecule has 1 aliphatic heterocycles. The molecule has 5 aromatic rings. The maximum atomic E-state index is 13.7. The predicted molar refractivity (Wildman–Crippen MR) is 178 cm³/mol. The minimum Gasteiger partial charge on any atom is -0.481 e. The van der Waals surface area contributed by atoms with Gasteiger partial charge in [0.1, 0.15) is 18.5 Å². The summed E-state index contributed by atoms with van der Waals surface area (Å²) in [7, 11) is 1.84. The van der Waals surface area contributed by atoms with E-state index in [0.717, 1.165) is 58.6 Å². The summed E-state index contributed by atoms with van der Waals surface area (Å²) in [6, 6.07) is 23.2. The van der Waals surface area contributed by atoms with Crippen LogP contribution in [0, 0.1) is 0 Å². The zero-order chi connectivity index (χ0) is 32.9. The predicted octanol–water partition coefficient (Wildman–Crippen LogP) is 6.28. The lowest BCUT2D eigenvalue weighted by Gasteiger charge is -2.25. The number of rotatable bonds is 13. The Balaban J connectivity index is 1.23. The molecule has 0 saturated heterocycles. The van der Waals surface area contributed by atoms with Gasteiger partial charge >= 0.3 is 11.9 Å². The SMILES string of the molecule is CCCCc1nc(Cl)c(COC(=O)C2[C@H](CCC(=O)O)c3ccccc3N2C)n1Cc1ccc(-c2ccccc2-c2nn[nH]n2)cc1. The number of tetrazole rings is 1. The molecule has 47 heavy (non-hydrogen) atoms. The molecule has 1 aliphatic rings. The highest BCUT2D eigenvalue weighted by atomic mass is 35.5. The number of nitrogens with zero attached hydrogens (tertiary/aromatic N) is 6. The number of benzene rings is 3. The van der Waals surface area contributed by atoms with Crippen molar-refractivity contribution in [3.63, 3.8) is 0 Å². The van der Waals surface area contributed by atoms with Gasteiger partial charge in [0.05, 0.1) is 5.69 Å². The number of fused-ring (bicyclic) bond motifs is 1. The number of aliphatic carboxylic acids is 1. The molecular formula is C35H36ClN7O4. The van der Waals surface area contributed by atoms with Crippen molar-refractivity contribution < 1.29 is 19.4 Å². The normalized spacial score (nSPS) is 15.5. The van der Waals surface area contributed by atoms with E-state index < -0.39 is 18.0 Å². The highest BCUT2D eigenvalue weighted by Crippen LogP contribution is 2.43. The molecule has 0 spiro atoms. The van der Waals surface area contributed by atoms with Crippen LogP contribution in [0.15, 0.2) is 72.8 Å². The van der Waals surface area contributed by atoms with Crippen LogP contribution in [0.2, 0.25) is 5.15 Å². The first-order chi connectivity index (χ1) is 22.9. The average Bonchev–Trinajstić information content (AvgIpc) is 3.79. The first-order valence-electron chi connectivity index (χ1n) is 15.7. The monoisotopic (exact) mass is 653 g/mol. The number of carboxylic acids is 1. The summed E-state index contributed by atoms with van der Waals surface area (Å²) in [6.45, 7) is 2.56. The number of esters is 1. The molecule has 0 bridgehead atoms. The third kappa shape index (κ3) is 6.76. The number of hydrogen-bond donors (Lipinski definition) is 2. The Kier molecular flexibility index (Phi) is 9.63. The molecule has 2 aromatic heterocycles. The second-order valence-corrected chi connectivity index (χ2v) is 12.1. The summed E-state index contributed by atoms with van der Waals surface area (Å²) in [5, 5.41) is 24.2. The number of ether oxygens (including phenoxy) is 1. The van der Waals surface area contributed by atoms with E-state index in [-0.39, 0.29) is 18.9 Å². The quantitative estimate of drug-likeness (QED) is 0.140. The topological polar surface area (TPSA) is 139 Å². The number of aromatic nitrogens is 6. The van der Waals surface area contributed by atoms with Crippen LogP contribution in [0.25, 0.3) is 22.5 Å². The van der Waals surface area contributed by atoms with Crippen molar-refractivity contribution >= 4 is 29.2 Å². The largest absolute Gasteiger partial charge is 0.481 e. The van der Waals surface area contributed by atoms with E-state index in [1.54, 1.807) is 0 Å². The number of hydrogen-bond acceptors (Lipinski definition) is 8. The van der Waals surface area contributed by atoms with Gasteiger partial charge in [0.15, 0.2) is 5.15 Å². The van der Waals surface area contributed by atoms with Crippen LogP contribution in [-0.2, 0) is 33.9 Å². The minimum atomic E-state index is -0.899. The summed E-state index contributed by atoms with van der Waals surface area (Å²) in [6.07, 6.45) is 2.95. The molecule has 0 fully saturated rings. The lowest BCUT2D eigenvalue weighted by Crippen LogP contribution is -2.39. The molecule has 2 atom stereocenters. The lowest BCUT2D eigenvalue weighted by molar-refractivity contribution is -0.147. The molecule has 0 saturated carbocycles. The van der Waals surface area contributed by atoms with Crippen LogP contribution >= 0.6 is 11.6 Å². The first kappa shape index (κ1) is 31.9. The van der Waals surface area contributed by atoms with Gasteiger partial charge in [-0.1, -0.05) is 91.7 Å².